The third-order valence-electron chi connectivity index (χ3n) is 3.65. The fourth-order valence-electron chi connectivity index (χ4n) is 2.32. The normalized spacial score (nSPS) is 39.1. The van der Waals surface area contributed by atoms with Crippen molar-refractivity contribution < 1.29 is 9.53 Å². The minimum atomic E-state index is -0.0576. The molecule has 2 aliphatic rings. The van der Waals surface area contributed by atoms with Crippen LogP contribution in [0, 0.1) is 11.3 Å². The van der Waals surface area contributed by atoms with Crippen LogP contribution in [0.4, 0.5) is 0 Å². The van der Waals surface area contributed by atoms with Gasteiger partial charge in [0.05, 0.1) is 0 Å². The summed E-state index contributed by atoms with van der Waals surface area (Å²) in [5, 5.41) is 0. The highest BCUT2D eigenvalue weighted by atomic mass is 16.5. The molecule has 72 valence electrons. The number of fused-ring (bicyclic) bond motifs is 1. The Bertz CT molecular complexity index is 267. The van der Waals surface area contributed by atoms with Crippen LogP contribution < -0.4 is 0 Å². The second kappa shape index (κ2) is 2.86. The molecule has 2 rings (SSSR count). The van der Waals surface area contributed by atoms with Crippen molar-refractivity contribution in [3.8, 4) is 0 Å². The van der Waals surface area contributed by atoms with Gasteiger partial charge in [-0.25, -0.2) is 0 Å². The molecule has 0 amide bonds. The lowest BCUT2D eigenvalue weighted by atomic mass is 9.67. The monoisotopic (exact) mass is 180 g/mol. The molecule has 0 N–H and O–H groups in total. The number of carbonyl (C=O) groups excluding carboxylic acids is 1. The number of esters is 1. The lowest BCUT2D eigenvalue weighted by molar-refractivity contribution is -0.147. The van der Waals surface area contributed by atoms with Crippen LogP contribution in [-0.4, -0.2) is 5.97 Å². The quantitative estimate of drug-likeness (QED) is 0.536. The Morgan fingerprint density at radius 2 is 2.38 bits per heavy atom. The SMILES string of the molecule is C[C@H]1CCC=C2OC(=O)CC[C@@]21C. The predicted octanol–water partition coefficient (Wildman–Crippen LogP) is 2.64. The van der Waals surface area contributed by atoms with Crippen molar-refractivity contribution in [3.05, 3.63) is 11.8 Å². The first-order valence-electron chi connectivity index (χ1n) is 5.04. The van der Waals surface area contributed by atoms with Crippen LogP contribution in [0.25, 0.3) is 0 Å². The Morgan fingerprint density at radius 3 is 3.15 bits per heavy atom. The van der Waals surface area contributed by atoms with Gasteiger partial charge in [0.1, 0.15) is 5.76 Å². The van der Waals surface area contributed by atoms with Crippen molar-refractivity contribution in [1.29, 1.82) is 0 Å². The molecule has 0 radical (unpaired) electrons. The Morgan fingerprint density at radius 1 is 1.62 bits per heavy atom. The first-order chi connectivity index (χ1) is 6.13. The molecule has 2 atom stereocenters. The fourth-order valence-corrected chi connectivity index (χ4v) is 2.32. The molecule has 1 saturated heterocycles. The molecule has 2 heteroatoms. The van der Waals surface area contributed by atoms with Gasteiger partial charge in [-0.3, -0.25) is 4.79 Å². The van der Waals surface area contributed by atoms with Gasteiger partial charge in [-0.2, -0.15) is 0 Å². The van der Waals surface area contributed by atoms with Crippen molar-refractivity contribution in [3.63, 3.8) is 0 Å². The molecular formula is C11H16O2. The molecule has 0 spiro atoms. The summed E-state index contributed by atoms with van der Waals surface area (Å²) in [6, 6.07) is 0. The van der Waals surface area contributed by atoms with E-state index in [0.29, 0.717) is 12.3 Å². The van der Waals surface area contributed by atoms with Gasteiger partial charge >= 0.3 is 5.97 Å². The highest BCUT2D eigenvalue weighted by Crippen LogP contribution is 2.48. The first-order valence-corrected chi connectivity index (χ1v) is 5.04. The van der Waals surface area contributed by atoms with E-state index in [1.807, 2.05) is 0 Å². The lowest BCUT2D eigenvalue weighted by Crippen LogP contribution is -2.36. The molecule has 1 fully saturated rings. The number of hydrogen-bond donors (Lipinski definition) is 0. The first kappa shape index (κ1) is 8.79. The summed E-state index contributed by atoms with van der Waals surface area (Å²) in [4.78, 5) is 11.1. The van der Waals surface area contributed by atoms with Gasteiger partial charge < -0.3 is 4.74 Å². The zero-order valence-electron chi connectivity index (χ0n) is 8.30. The van der Waals surface area contributed by atoms with E-state index in [0.717, 1.165) is 18.6 Å². The number of rotatable bonds is 0. The lowest BCUT2D eigenvalue weighted by Gasteiger charge is -2.42. The maximum absolute atomic E-state index is 11.1. The highest BCUT2D eigenvalue weighted by molar-refractivity contribution is 5.72. The summed E-state index contributed by atoms with van der Waals surface area (Å²) in [5.74, 6) is 1.51. The molecule has 0 bridgehead atoms. The summed E-state index contributed by atoms with van der Waals surface area (Å²) < 4.78 is 5.29. The van der Waals surface area contributed by atoms with Gasteiger partial charge in [0.2, 0.25) is 0 Å². The molecule has 0 aromatic rings. The summed E-state index contributed by atoms with van der Waals surface area (Å²) in [6.07, 6.45) is 5.91. The number of allylic oxidation sites excluding steroid dienone is 2. The van der Waals surface area contributed by atoms with Crippen molar-refractivity contribution >= 4 is 5.97 Å². The van der Waals surface area contributed by atoms with Crippen molar-refractivity contribution in [2.24, 2.45) is 11.3 Å². The van der Waals surface area contributed by atoms with Crippen molar-refractivity contribution in [2.45, 2.75) is 39.5 Å². The van der Waals surface area contributed by atoms with E-state index in [4.69, 9.17) is 4.74 Å². The van der Waals surface area contributed by atoms with Crippen LogP contribution in [-0.2, 0) is 9.53 Å². The maximum atomic E-state index is 11.1. The third-order valence-corrected chi connectivity index (χ3v) is 3.65. The van der Waals surface area contributed by atoms with Gasteiger partial charge in [0.25, 0.3) is 0 Å². The fraction of sp³-hybridized carbons (Fsp3) is 0.727. The Kier molecular flexibility index (Phi) is 1.94. The molecule has 0 saturated carbocycles. The van der Waals surface area contributed by atoms with Crippen LogP contribution in [0.1, 0.15) is 39.5 Å². The van der Waals surface area contributed by atoms with Crippen LogP contribution in [0.3, 0.4) is 0 Å². The molecule has 13 heavy (non-hydrogen) atoms. The van der Waals surface area contributed by atoms with E-state index in [1.165, 1.54) is 6.42 Å². The molecular weight excluding hydrogens is 164 g/mol. The third kappa shape index (κ3) is 1.28. The average molecular weight is 180 g/mol. The van der Waals surface area contributed by atoms with E-state index < -0.39 is 0 Å². The summed E-state index contributed by atoms with van der Waals surface area (Å²) in [5.41, 5.74) is 0.131. The van der Waals surface area contributed by atoms with Crippen LogP contribution >= 0.6 is 0 Å². The van der Waals surface area contributed by atoms with E-state index in [9.17, 15) is 4.79 Å². The molecule has 2 nitrogen and oxygen atoms in total. The van der Waals surface area contributed by atoms with E-state index >= 15 is 0 Å². The summed E-state index contributed by atoms with van der Waals surface area (Å²) in [7, 11) is 0. The standard InChI is InChI=1S/C11H16O2/c1-8-4-3-5-9-11(8,2)7-6-10(12)13-9/h5,8H,3-4,6-7H2,1-2H3/t8-,11+/m0/s1. The second-order valence-corrected chi connectivity index (χ2v) is 4.44. The number of hydrogen-bond acceptors (Lipinski definition) is 2. The van der Waals surface area contributed by atoms with Crippen LogP contribution in [0.2, 0.25) is 0 Å². The Hall–Kier alpha value is -0.790. The highest BCUT2D eigenvalue weighted by Gasteiger charge is 2.42. The van der Waals surface area contributed by atoms with Crippen LogP contribution in [0.15, 0.2) is 11.8 Å². The Labute approximate surface area is 79.0 Å². The Balaban J connectivity index is 2.30. The van der Waals surface area contributed by atoms with Gasteiger partial charge in [-0.1, -0.05) is 13.8 Å². The van der Waals surface area contributed by atoms with E-state index in [2.05, 4.69) is 19.9 Å². The van der Waals surface area contributed by atoms with E-state index in [1.54, 1.807) is 0 Å². The van der Waals surface area contributed by atoms with Crippen molar-refractivity contribution in [2.75, 3.05) is 0 Å². The van der Waals surface area contributed by atoms with Gasteiger partial charge in [-0.15, -0.1) is 0 Å². The minimum absolute atomic E-state index is 0.0576. The molecule has 0 aromatic heterocycles. The van der Waals surface area contributed by atoms with Crippen LogP contribution in [0.5, 0.6) is 0 Å². The molecule has 0 unspecified atom stereocenters. The van der Waals surface area contributed by atoms with Crippen molar-refractivity contribution in [1.82, 2.24) is 0 Å². The van der Waals surface area contributed by atoms with E-state index in [-0.39, 0.29) is 11.4 Å². The molecule has 1 aliphatic heterocycles. The smallest absolute Gasteiger partial charge is 0.310 e. The molecule has 1 aliphatic carbocycles. The van der Waals surface area contributed by atoms with Gasteiger partial charge in [0.15, 0.2) is 0 Å². The van der Waals surface area contributed by atoms with Gasteiger partial charge in [-0.05, 0) is 31.3 Å². The largest absolute Gasteiger partial charge is 0.431 e. The van der Waals surface area contributed by atoms with Gasteiger partial charge in [0, 0.05) is 11.8 Å². The minimum Gasteiger partial charge on any atom is -0.431 e. The number of ether oxygens (including phenoxy) is 1. The summed E-state index contributed by atoms with van der Waals surface area (Å²) >= 11 is 0. The predicted molar refractivity (Wildman–Crippen MR) is 49.9 cm³/mol. The zero-order valence-corrected chi connectivity index (χ0v) is 8.30. The maximum Gasteiger partial charge on any atom is 0.310 e. The second-order valence-electron chi connectivity index (χ2n) is 4.44. The molecule has 1 heterocycles. The summed E-state index contributed by atoms with van der Waals surface area (Å²) in [6.45, 7) is 4.47. The number of carbonyl (C=O) groups is 1. The molecule has 0 aromatic carbocycles. The average Bonchev–Trinajstić information content (AvgIpc) is 2.09. The topological polar surface area (TPSA) is 26.3 Å². The zero-order chi connectivity index (χ0) is 9.47.